The van der Waals surface area contributed by atoms with E-state index in [0.29, 0.717) is 17.5 Å². The molecular weight excluding hydrogens is 244 g/mol. The minimum atomic E-state index is 0.323. The van der Waals surface area contributed by atoms with Crippen molar-refractivity contribution < 1.29 is 0 Å². The Labute approximate surface area is 124 Å². The second-order valence-corrected chi connectivity index (χ2v) is 7.09. The molecule has 0 saturated carbocycles. The molecular formula is C18H30N2. The summed E-state index contributed by atoms with van der Waals surface area (Å²) < 4.78 is 0. The smallest absolute Gasteiger partial charge is 0.0324 e. The minimum absolute atomic E-state index is 0.323. The van der Waals surface area contributed by atoms with Gasteiger partial charge >= 0.3 is 0 Å². The van der Waals surface area contributed by atoms with E-state index in [1.54, 1.807) is 0 Å². The summed E-state index contributed by atoms with van der Waals surface area (Å²) in [6.45, 7) is 11.4. The number of hydrogen-bond donors (Lipinski definition) is 1. The Hall–Kier alpha value is -0.860. The van der Waals surface area contributed by atoms with Crippen LogP contribution in [0.5, 0.6) is 0 Å². The van der Waals surface area contributed by atoms with E-state index >= 15 is 0 Å². The van der Waals surface area contributed by atoms with E-state index in [1.165, 1.54) is 24.0 Å². The van der Waals surface area contributed by atoms with Gasteiger partial charge in [-0.3, -0.25) is 0 Å². The molecule has 2 nitrogen and oxygen atoms in total. The van der Waals surface area contributed by atoms with E-state index in [2.05, 4.69) is 69.2 Å². The van der Waals surface area contributed by atoms with Crippen molar-refractivity contribution in [3.8, 4) is 0 Å². The zero-order chi connectivity index (χ0) is 14.8. The summed E-state index contributed by atoms with van der Waals surface area (Å²) in [6.07, 6.45) is 2.51. The number of nitrogens with zero attached hydrogens (tertiary/aromatic N) is 1. The maximum absolute atomic E-state index is 3.76. The Morgan fingerprint density at radius 2 is 2.00 bits per heavy atom. The Balaban J connectivity index is 2.01. The first-order valence-corrected chi connectivity index (χ1v) is 7.95. The van der Waals surface area contributed by atoms with Gasteiger partial charge in [0.2, 0.25) is 0 Å². The van der Waals surface area contributed by atoms with Gasteiger partial charge < -0.3 is 10.2 Å². The van der Waals surface area contributed by atoms with Crippen molar-refractivity contribution in [2.24, 2.45) is 0 Å². The van der Waals surface area contributed by atoms with Crippen molar-refractivity contribution in [2.45, 2.75) is 58.0 Å². The number of nitrogens with one attached hydrogen (secondary N) is 1. The Morgan fingerprint density at radius 3 is 2.70 bits per heavy atom. The van der Waals surface area contributed by atoms with Crippen LogP contribution in [0.4, 0.5) is 0 Å². The quantitative estimate of drug-likeness (QED) is 0.880. The lowest BCUT2D eigenvalue weighted by atomic mass is 9.71. The topological polar surface area (TPSA) is 15.3 Å². The van der Waals surface area contributed by atoms with Crippen molar-refractivity contribution in [1.82, 2.24) is 10.2 Å². The molecule has 0 saturated heterocycles. The fourth-order valence-electron chi connectivity index (χ4n) is 3.10. The van der Waals surface area contributed by atoms with Crippen molar-refractivity contribution in [1.29, 1.82) is 0 Å². The number of likely N-dealkylation sites (N-methyl/N-ethyl adjacent to an activating group) is 1. The van der Waals surface area contributed by atoms with Crippen molar-refractivity contribution in [2.75, 3.05) is 20.1 Å². The highest BCUT2D eigenvalue weighted by molar-refractivity contribution is 5.38. The first kappa shape index (κ1) is 15.5. The van der Waals surface area contributed by atoms with Crippen LogP contribution in [0.25, 0.3) is 0 Å². The standard InChI is InChI=1S/C18H30N2/c1-14(2)20(5)13-12-19-17-10-11-18(3,4)16-9-7-6-8-15(16)17/h6-9,14,17,19H,10-13H2,1-5H3. The van der Waals surface area contributed by atoms with Gasteiger partial charge in [0.25, 0.3) is 0 Å². The molecule has 0 spiro atoms. The lowest BCUT2D eigenvalue weighted by molar-refractivity contribution is 0.263. The molecule has 1 N–H and O–H groups in total. The molecule has 0 bridgehead atoms. The van der Waals surface area contributed by atoms with Gasteiger partial charge in [-0.05, 0) is 50.3 Å². The Kier molecular flexibility index (Phi) is 4.87. The number of fused-ring (bicyclic) bond motifs is 1. The van der Waals surface area contributed by atoms with Gasteiger partial charge in [0, 0.05) is 25.2 Å². The van der Waals surface area contributed by atoms with Gasteiger partial charge in [0.05, 0.1) is 0 Å². The summed E-state index contributed by atoms with van der Waals surface area (Å²) in [7, 11) is 2.20. The van der Waals surface area contributed by atoms with Crippen molar-refractivity contribution in [3.05, 3.63) is 35.4 Å². The van der Waals surface area contributed by atoms with Crippen LogP contribution in [0, 0.1) is 0 Å². The van der Waals surface area contributed by atoms with E-state index in [1.807, 2.05) is 0 Å². The maximum atomic E-state index is 3.76. The lowest BCUT2D eigenvalue weighted by Gasteiger charge is -2.37. The molecule has 0 heterocycles. The Morgan fingerprint density at radius 1 is 1.30 bits per heavy atom. The molecule has 2 rings (SSSR count). The molecule has 2 heteroatoms. The third kappa shape index (κ3) is 3.42. The first-order chi connectivity index (χ1) is 9.42. The highest BCUT2D eigenvalue weighted by atomic mass is 15.1. The minimum Gasteiger partial charge on any atom is -0.309 e. The molecule has 20 heavy (non-hydrogen) atoms. The van der Waals surface area contributed by atoms with Crippen LogP contribution in [0.2, 0.25) is 0 Å². The molecule has 1 atom stereocenters. The zero-order valence-electron chi connectivity index (χ0n) is 13.7. The lowest BCUT2D eigenvalue weighted by Crippen LogP contribution is -2.38. The Bertz CT molecular complexity index is 437. The van der Waals surface area contributed by atoms with Gasteiger partial charge in [-0.25, -0.2) is 0 Å². The average molecular weight is 274 g/mol. The van der Waals surface area contributed by atoms with Crippen LogP contribution in [-0.2, 0) is 5.41 Å². The molecule has 112 valence electrons. The van der Waals surface area contributed by atoms with E-state index in [9.17, 15) is 0 Å². The average Bonchev–Trinajstić information content (AvgIpc) is 2.41. The van der Waals surface area contributed by atoms with E-state index in [4.69, 9.17) is 0 Å². The number of rotatable bonds is 5. The van der Waals surface area contributed by atoms with Crippen LogP contribution < -0.4 is 5.32 Å². The van der Waals surface area contributed by atoms with Crippen LogP contribution >= 0.6 is 0 Å². The molecule has 1 aromatic carbocycles. The van der Waals surface area contributed by atoms with E-state index in [0.717, 1.165) is 13.1 Å². The third-order valence-corrected chi connectivity index (χ3v) is 4.86. The van der Waals surface area contributed by atoms with Crippen LogP contribution in [0.3, 0.4) is 0 Å². The van der Waals surface area contributed by atoms with Gasteiger partial charge in [0.1, 0.15) is 0 Å². The maximum Gasteiger partial charge on any atom is 0.0324 e. The second kappa shape index (κ2) is 6.28. The van der Waals surface area contributed by atoms with Crippen LogP contribution in [0.15, 0.2) is 24.3 Å². The molecule has 1 aliphatic rings. The highest BCUT2D eigenvalue weighted by Gasteiger charge is 2.31. The molecule has 1 unspecified atom stereocenters. The number of benzene rings is 1. The van der Waals surface area contributed by atoms with Crippen LogP contribution in [0.1, 0.15) is 57.7 Å². The van der Waals surface area contributed by atoms with E-state index in [-0.39, 0.29) is 0 Å². The molecule has 0 fully saturated rings. The molecule has 0 aliphatic heterocycles. The summed E-state index contributed by atoms with van der Waals surface area (Å²) in [5, 5.41) is 3.76. The van der Waals surface area contributed by atoms with Crippen molar-refractivity contribution in [3.63, 3.8) is 0 Å². The summed E-state index contributed by atoms with van der Waals surface area (Å²) in [4.78, 5) is 2.39. The van der Waals surface area contributed by atoms with Gasteiger partial charge in [0.15, 0.2) is 0 Å². The van der Waals surface area contributed by atoms with Gasteiger partial charge in [-0.2, -0.15) is 0 Å². The van der Waals surface area contributed by atoms with Gasteiger partial charge in [-0.1, -0.05) is 38.1 Å². The zero-order valence-corrected chi connectivity index (χ0v) is 13.7. The predicted molar refractivity (Wildman–Crippen MR) is 87.2 cm³/mol. The molecule has 1 aliphatic carbocycles. The molecule has 1 aromatic rings. The largest absolute Gasteiger partial charge is 0.309 e. The summed E-state index contributed by atoms with van der Waals surface area (Å²) >= 11 is 0. The van der Waals surface area contributed by atoms with Crippen LogP contribution in [-0.4, -0.2) is 31.1 Å². The number of hydrogen-bond acceptors (Lipinski definition) is 2. The SMILES string of the molecule is CC(C)N(C)CCNC1CCC(C)(C)c2ccccc21. The molecule has 0 amide bonds. The molecule has 0 radical (unpaired) electrons. The summed E-state index contributed by atoms with van der Waals surface area (Å²) in [5.41, 5.74) is 3.36. The summed E-state index contributed by atoms with van der Waals surface area (Å²) in [6, 6.07) is 10.1. The highest BCUT2D eigenvalue weighted by Crippen LogP contribution is 2.41. The second-order valence-electron chi connectivity index (χ2n) is 7.09. The third-order valence-electron chi connectivity index (χ3n) is 4.86. The van der Waals surface area contributed by atoms with Gasteiger partial charge in [-0.15, -0.1) is 0 Å². The fourth-order valence-corrected chi connectivity index (χ4v) is 3.10. The van der Waals surface area contributed by atoms with E-state index < -0.39 is 0 Å². The van der Waals surface area contributed by atoms with Crippen molar-refractivity contribution >= 4 is 0 Å². The monoisotopic (exact) mass is 274 g/mol. The molecule has 0 aromatic heterocycles. The summed E-state index contributed by atoms with van der Waals surface area (Å²) in [5.74, 6) is 0. The fraction of sp³-hybridized carbons (Fsp3) is 0.667. The normalized spacial score (nSPS) is 21.2. The first-order valence-electron chi connectivity index (χ1n) is 7.95. The predicted octanol–water partition coefficient (Wildman–Crippen LogP) is 3.73.